The fourth-order valence-corrected chi connectivity index (χ4v) is 6.37. The molecule has 3 aromatic rings. The molecule has 5 nitrogen and oxygen atoms in total. The van der Waals surface area contributed by atoms with Crippen molar-refractivity contribution in [3.63, 3.8) is 0 Å². The van der Waals surface area contributed by atoms with Crippen LogP contribution >= 0.6 is 23.2 Å². The molecule has 0 amide bonds. The van der Waals surface area contributed by atoms with Crippen molar-refractivity contribution in [3.05, 3.63) is 104 Å². The van der Waals surface area contributed by atoms with Crippen LogP contribution < -0.4 is 5.32 Å². The Morgan fingerprint density at radius 1 is 1.12 bits per heavy atom. The average Bonchev–Trinajstić information content (AvgIpc) is 3.21. The van der Waals surface area contributed by atoms with Gasteiger partial charge in [-0.2, -0.15) is 5.26 Å². The highest BCUT2D eigenvalue weighted by molar-refractivity contribution is 6.31. The molecule has 3 aromatic carbocycles. The summed E-state index contributed by atoms with van der Waals surface area (Å²) in [6.45, 7) is 6.82. The van der Waals surface area contributed by atoms with E-state index in [2.05, 4.69) is 16.1 Å². The molecule has 1 N–H and O–H groups in total. The third-order valence-electron chi connectivity index (χ3n) is 7.67. The molecule has 222 valence electrons. The van der Waals surface area contributed by atoms with Gasteiger partial charge in [-0.3, -0.25) is 4.90 Å². The highest BCUT2D eigenvalue weighted by Crippen LogP contribution is 2.56. The van der Waals surface area contributed by atoms with Crippen LogP contribution in [0.5, 0.6) is 0 Å². The Kier molecular flexibility index (Phi) is 9.58. The van der Waals surface area contributed by atoms with E-state index >= 15 is 8.78 Å². The van der Waals surface area contributed by atoms with Gasteiger partial charge >= 0.3 is 5.97 Å². The molecule has 42 heavy (non-hydrogen) atoms. The van der Waals surface area contributed by atoms with Gasteiger partial charge in [-0.05, 0) is 53.6 Å². The summed E-state index contributed by atoms with van der Waals surface area (Å²) < 4.78 is 50.6. The van der Waals surface area contributed by atoms with E-state index in [9.17, 15) is 14.4 Å². The van der Waals surface area contributed by atoms with Crippen molar-refractivity contribution in [2.75, 3.05) is 20.3 Å². The minimum Gasteiger partial charge on any atom is -0.465 e. The van der Waals surface area contributed by atoms with Crippen molar-refractivity contribution >= 4 is 29.2 Å². The number of nitrogens with one attached hydrogen (secondary N) is 1. The molecule has 1 fully saturated rings. The normalized spacial score (nSPS) is 20.9. The van der Waals surface area contributed by atoms with Gasteiger partial charge in [0.05, 0.1) is 29.8 Å². The van der Waals surface area contributed by atoms with E-state index in [1.165, 1.54) is 43.5 Å². The van der Waals surface area contributed by atoms with Crippen LogP contribution in [0.1, 0.15) is 60.3 Å². The number of rotatable bonds is 8. The van der Waals surface area contributed by atoms with Crippen molar-refractivity contribution in [2.24, 2.45) is 11.3 Å². The van der Waals surface area contributed by atoms with Crippen LogP contribution in [0.15, 0.2) is 54.6 Å². The molecule has 0 aromatic heterocycles. The Morgan fingerprint density at radius 2 is 1.86 bits per heavy atom. The zero-order valence-corrected chi connectivity index (χ0v) is 25.3. The van der Waals surface area contributed by atoms with Gasteiger partial charge in [-0.1, -0.05) is 68.2 Å². The van der Waals surface area contributed by atoms with Crippen LogP contribution in [-0.4, -0.2) is 31.2 Å². The summed E-state index contributed by atoms with van der Waals surface area (Å²) in [5.41, 5.74) is -1.04. The first kappa shape index (κ1) is 31.8. The minimum atomic E-state index is -1.50. The second kappa shape index (κ2) is 12.6. The van der Waals surface area contributed by atoms with Crippen LogP contribution in [0, 0.1) is 40.1 Å². The van der Waals surface area contributed by atoms with Crippen LogP contribution in [0.25, 0.3) is 0 Å². The number of ether oxygens (including phenoxy) is 1. The van der Waals surface area contributed by atoms with E-state index in [-0.39, 0.29) is 45.4 Å². The number of carbonyl (C=O) groups excluding carboxylic acids is 1. The van der Waals surface area contributed by atoms with Crippen molar-refractivity contribution in [3.8, 4) is 6.07 Å². The molecule has 0 radical (unpaired) electrons. The predicted molar refractivity (Wildman–Crippen MR) is 157 cm³/mol. The zero-order valence-electron chi connectivity index (χ0n) is 23.8. The molecule has 1 aliphatic heterocycles. The molecule has 3 atom stereocenters. The molecule has 0 bridgehead atoms. The van der Waals surface area contributed by atoms with Gasteiger partial charge in [0.25, 0.3) is 0 Å². The summed E-state index contributed by atoms with van der Waals surface area (Å²) in [5.74, 6) is -3.22. The number of halogens is 5. The maximum atomic E-state index is 15.7. The summed E-state index contributed by atoms with van der Waals surface area (Å²) in [5, 5.41) is 14.3. The summed E-state index contributed by atoms with van der Waals surface area (Å²) in [6.07, 6.45) is 0.540. The Morgan fingerprint density at radius 3 is 2.48 bits per heavy atom. The van der Waals surface area contributed by atoms with Gasteiger partial charge in [0.15, 0.2) is 0 Å². The molecule has 10 heteroatoms. The first-order valence-corrected chi connectivity index (χ1v) is 14.2. The summed E-state index contributed by atoms with van der Waals surface area (Å²) in [4.78, 5) is 13.7. The topological polar surface area (TPSA) is 65.4 Å². The molecule has 3 unspecified atom stereocenters. The largest absolute Gasteiger partial charge is 0.465 e. The van der Waals surface area contributed by atoms with Crippen LogP contribution in [-0.2, 0) is 16.7 Å². The highest BCUT2D eigenvalue weighted by atomic mass is 35.5. The highest BCUT2D eigenvalue weighted by Gasteiger charge is 2.58. The van der Waals surface area contributed by atoms with E-state index in [0.717, 1.165) is 0 Å². The number of hydrogen-bond donors (Lipinski definition) is 1. The summed E-state index contributed by atoms with van der Waals surface area (Å²) in [7, 11) is 1.18. The maximum Gasteiger partial charge on any atom is 0.340 e. The number of likely N-dealkylation sites (tertiary alicyclic amines) is 1. The molecular weight excluding hydrogens is 586 g/mol. The van der Waals surface area contributed by atoms with Gasteiger partial charge in [0.1, 0.15) is 22.9 Å². The molecule has 1 saturated heterocycles. The molecule has 1 aliphatic rings. The van der Waals surface area contributed by atoms with E-state index < -0.39 is 40.8 Å². The second-order valence-electron chi connectivity index (χ2n) is 11.8. The predicted octanol–water partition coefficient (Wildman–Crippen LogP) is 7.82. The van der Waals surface area contributed by atoms with Crippen molar-refractivity contribution in [1.29, 1.82) is 5.26 Å². The Bertz CT molecular complexity index is 1520. The molecule has 0 spiro atoms. The zero-order chi connectivity index (χ0) is 30.8. The quantitative estimate of drug-likeness (QED) is 0.261. The smallest absolute Gasteiger partial charge is 0.340 e. The average molecular weight is 619 g/mol. The standard InChI is InChI=1S/C32H32Cl2F3N3O2/c1-31(2,3)14-20-16-40(18-39-15-19-8-10-22(26(35)12-19)30(41)42-4)29(23-6-5-7-25(34)28(23)37)32(20,17-38)24-11-9-21(33)13-27(24)36/h5-13,20,29,39H,14-16,18H2,1-4H3. The molecule has 0 saturated carbocycles. The number of benzene rings is 3. The monoisotopic (exact) mass is 617 g/mol. The van der Waals surface area contributed by atoms with Gasteiger partial charge < -0.3 is 10.1 Å². The lowest BCUT2D eigenvalue weighted by atomic mass is 9.63. The number of esters is 1. The van der Waals surface area contributed by atoms with E-state index in [4.69, 9.17) is 23.2 Å². The van der Waals surface area contributed by atoms with Gasteiger partial charge in [0, 0.05) is 35.9 Å². The number of nitrogens with zero attached hydrogens (tertiary/aromatic N) is 2. The molecule has 0 aliphatic carbocycles. The summed E-state index contributed by atoms with van der Waals surface area (Å²) >= 11 is 12.3. The fraction of sp³-hybridized carbons (Fsp3) is 0.375. The summed E-state index contributed by atoms with van der Waals surface area (Å²) in [6, 6.07) is 14.5. The van der Waals surface area contributed by atoms with Crippen molar-refractivity contribution < 1.29 is 22.7 Å². The second-order valence-corrected chi connectivity index (χ2v) is 12.6. The third-order valence-corrected chi connectivity index (χ3v) is 8.20. The van der Waals surface area contributed by atoms with Gasteiger partial charge in [0.2, 0.25) is 0 Å². The first-order valence-electron chi connectivity index (χ1n) is 13.4. The Labute approximate surface area is 254 Å². The molecule has 4 rings (SSSR count). The van der Waals surface area contributed by atoms with E-state index in [1.54, 1.807) is 18.2 Å². The van der Waals surface area contributed by atoms with Gasteiger partial charge in [-0.15, -0.1) is 0 Å². The lowest BCUT2D eigenvalue weighted by molar-refractivity contribution is 0.0595. The number of methoxy groups -OCH3 is 1. The van der Waals surface area contributed by atoms with E-state index in [0.29, 0.717) is 18.5 Å². The lowest BCUT2D eigenvalue weighted by Gasteiger charge is -2.38. The lowest BCUT2D eigenvalue weighted by Crippen LogP contribution is -2.41. The maximum absolute atomic E-state index is 15.7. The minimum absolute atomic E-state index is 0.107. The Balaban J connectivity index is 1.77. The van der Waals surface area contributed by atoms with Gasteiger partial charge in [-0.25, -0.2) is 18.0 Å². The molecular formula is C32H32Cl2F3N3O2. The third kappa shape index (κ3) is 6.30. The fourth-order valence-electron chi connectivity index (χ4n) is 6.03. The van der Waals surface area contributed by atoms with E-state index in [1.807, 2.05) is 25.7 Å². The number of hydrogen-bond acceptors (Lipinski definition) is 5. The molecule has 1 heterocycles. The van der Waals surface area contributed by atoms with Crippen LogP contribution in [0.3, 0.4) is 0 Å². The van der Waals surface area contributed by atoms with Crippen molar-refractivity contribution in [2.45, 2.75) is 45.2 Å². The van der Waals surface area contributed by atoms with Crippen LogP contribution in [0.4, 0.5) is 13.2 Å². The Hall–Kier alpha value is -3.09. The van der Waals surface area contributed by atoms with Crippen LogP contribution in [0.2, 0.25) is 10.0 Å². The SMILES string of the molecule is COC(=O)c1ccc(CNCN2CC(CC(C)(C)C)C(C#N)(c3ccc(Cl)cc3F)C2c2cccc(Cl)c2F)cc1F. The number of nitriles is 1. The first-order chi connectivity index (χ1) is 19.8. The van der Waals surface area contributed by atoms with Crippen molar-refractivity contribution in [1.82, 2.24) is 10.2 Å². The number of carbonyl (C=O) groups is 1.